The number of sulfonamides is 1. The van der Waals surface area contributed by atoms with Gasteiger partial charge in [0.25, 0.3) is 0 Å². The van der Waals surface area contributed by atoms with E-state index in [1.807, 2.05) is 32.0 Å². The van der Waals surface area contributed by atoms with Gasteiger partial charge >= 0.3 is 0 Å². The smallest absolute Gasteiger partial charge is 0.238 e. The largest absolute Gasteiger partial charge is 0.367 e. The summed E-state index contributed by atoms with van der Waals surface area (Å²) in [6.07, 6.45) is 0.838. The molecule has 0 aliphatic rings. The highest BCUT2D eigenvalue weighted by Crippen LogP contribution is 2.21. The van der Waals surface area contributed by atoms with Gasteiger partial charge in [-0.3, -0.25) is 4.79 Å². The molecule has 0 unspecified atom stereocenters. The number of primary sulfonamides is 1. The second-order valence-corrected chi connectivity index (χ2v) is 6.93. The van der Waals surface area contributed by atoms with E-state index in [0.717, 1.165) is 29.6 Å². The fourth-order valence-corrected chi connectivity index (χ4v) is 3.00. The first-order valence-corrected chi connectivity index (χ1v) is 8.82. The van der Waals surface area contributed by atoms with Gasteiger partial charge in [0, 0.05) is 24.3 Å². The zero-order valence-electron chi connectivity index (χ0n) is 13.2. The van der Waals surface area contributed by atoms with E-state index in [1.165, 1.54) is 6.07 Å². The summed E-state index contributed by atoms with van der Waals surface area (Å²) in [5.41, 5.74) is 3.42. The number of nitrogens with zero attached hydrogens (tertiary/aromatic N) is 1. The summed E-state index contributed by atoms with van der Waals surface area (Å²) in [6.45, 7) is 5.22. The lowest BCUT2D eigenvalue weighted by Crippen LogP contribution is -2.22. The Morgan fingerprint density at radius 1 is 1.17 bits per heavy atom. The standard InChI is InChI=1S/C17H20N2O3S/c1-3-19(16-8-7-15(12-20)13(2)9-16)11-14-5-4-6-17(10-14)23(18,21)22/h4-10,12H,3,11H2,1-2H3,(H2,18,21,22). The molecule has 2 aromatic carbocycles. The lowest BCUT2D eigenvalue weighted by atomic mass is 10.1. The quantitative estimate of drug-likeness (QED) is 0.824. The van der Waals surface area contributed by atoms with Gasteiger partial charge in [-0.25, -0.2) is 13.6 Å². The first kappa shape index (κ1) is 17.2. The third-order valence-electron chi connectivity index (χ3n) is 3.73. The summed E-state index contributed by atoms with van der Waals surface area (Å²) in [6, 6.07) is 12.3. The molecule has 0 aliphatic heterocycles. The molecule has 0 fully saturated rings. The molecule has 2 rings (SSSR count). The van der Waals surface area contributed by atoms with Crippen LogP contribution >= 0.6 is 0 Å². The highest BCUT2D eigenvalue weighted by molar-refractivity contribution is 7.89. The summed E-state index contributed by atoms with van der Waals surface area (Å²) in [4.78, 5) is 13.1. The number of hydrogen-bond acceptors (Lipinski definition) is 4. The van der Waals surface area contributed by atoms with Gasteiger partial charge in [0.2, 0.25) is 10.0 Å². The van der Waals surface area contributed by atoms with E-state index in [4.69, 9.17) is 5.14 Å². The Hall–Kier alpha value is -2.18. The van der Waals surface area contributed by atoms with Crippen LogP contribution in [0.3, 0.4) is 0 Å². The molecule has 0 bridgehead atoms. The van der Waals surface area contributed by atoms with E-state index < -0.39 is 10.0 Å². The molecular weight excluding hydrogens is 312 g/mol. The minimum Gasteiger partial charge on any atom is -0.367 e. The molecule has 0 aliphatic carbocycles. The maximum absolute atomic E-state index is 11.5. The van der Waals surface area contributed by atoms with Crippen molar-refractivity contribution in [2.75, 3.05) is 11.4 Å². The molecule has 0 aromatic heterocycles. The maximum Gasteiger partial charge on any atom is 0.238 e. The lowest BCUT2D eigenvalue weighted by molar-refractivity contribution is 0.112. The Bertz CT molecular complexity index is 816. The average Bonchev–Trinajstić information content (AvgIpc) is 2.52. The van der Waals surface area contributed by atoms with Crippen LogP contribution in [0.4, 0.5) is 5.69 Å². The monoisotopic (exact) mass is 332 g/mol. The molecular formula is C17H20N2O3S. The Morgan fingerprint density at radius 3 is 2.48 bits per heavy atom. The van der Waals surface area contributed by atoms with E-state index in [2.05, 4.69) is 4.90 Å². The van der Waals surface area contributed by atoms with Crippen LogP contribution in [0.1, 0.15) is 28.4 Å². The third kappa shape index (κ3) is 4.18. The zero-order chi connectivity index (χ0) is 17.0. The normalized spacial score (nSPS) is 11.3. The van der Waals surface area contributed by atoms with Crippen molar-refractivity contribution in [3.8, 4) is 0 Å². The number of carbonyl (C=O) groups excluding carboxylic acids is 1. The van der Waals surface area contributed by atoms with Crippen molar-refractivity contribution in [2.24, 2.45) is 5.14 Å². The molecule has 0 spiro atoms. The first-order chi connectivity index (χ1) is 10.8. The molecule has 5 nitrogen and oxygen atoms in total. The fraction of sp³-hybridized carbons (Fsp3) is 0.235. The van der Waals surface area contributed by atoms with E-state index in [1.54, 1.807) is 18.2 Å². The van der Waals surface area contributed by atoms with E-state index in [0.29, 0.717) is 12.1 Å². The minimum atomic E-state index is -3.71. The van der Waals surface area contributed by atoms with Gasteiger partial charge < -0.3 is 4.90 Å². The SMILES string of the molecule is CCN(Cc1cccc(S(N)(=O)=O)c1)c1ccc(C=O)c(C)c1. The van der Waals surface area contributed by atoms with E-state index in [-0.39, 0.29) is 4.90 Å². The van der Waals surface area contributed by atoms with Crippen molar-refractivity contribution in [1.82, 2.24) is 0 Å². The zero-order valence-corrected chi connectivity index (χ0v) is 14.0. The number of anilines is 1. The summed E-state index contributed by atoms with van der Waals surface area (Å²) in [7, 11) is -3.71. The highest BCUT2D eigenvalue weighted by atomic mass is 32.2. The molecule has 0 amide bonds. The molecule has 0 heterocycles. The van der Waals surface area contributed by atoms with E-state index in [9.17, 15) is 13.2 Å². The molecule has 122 valence electrons. The fourth-order valence-electron chi connectivity index (χ4n) is 2.42. The van der Waals surface area contributed by atoms with Gasteiger partial charge in [-0.05, 0) is 55.3 Å². The van der Waals surface area contributed by atoms with Gasteiger partial charge in [-0.2, -0.15) is 0 Å². The van der Waals surface area contributed by atoms with Crippen molar-refractivity contribution in [3.63, 3.8) is 0 Å². The summed E-state index contributed by atoms with van der Waals surface area (Å²) in [5.74, 6) is 0. The number of benzene rings is 2. The van der Waals surface area contributed by atoms with Crippen LogP contribution < -0.4 is 10.0 Å². The average molecular weight is 332 g/mol. The van der Waals surface area contributed by atoms with Gasteiger partial charge in [-0.1, -0.05) is 12.1 Å². The second kappa shape index (κ2) is 6.93. The third-order valence-corrected chi connectivity index (χ3v) is 4.64. The van der Waals surface area contributed by atoms with Crippen LogP contribution in [0, 0.1) is 6.92 Å². The van der Waals surface area contributed by atoms with Crippen molar-refractivity contribution in [3.05, 3.63) is 59.2 Å². The van der Waals surface area contributed by atoms with Crippen LogP contribution in [-0.4, -0.2) is 21.2 Å². The van der Waals surface area contributed by atoms with Crippen LogP contribution in [0.5, 0.6) is 0 Å². The van der Waals surface area contributed by atoms with Crippen LogP contribution in [0.2, 0.25) is 0 Å². The Balaban J connectivity index is 2.29. The number of aldehydes is 1. The number of nitrogens with two attached hydrogens (primary N) is 1. The molecule has 0 radical (unpaired) electrons. The molecule has 0 saturated carbocycles. The highest BCUT2D eigenvalue weighted by Gasteiger charge is 2.11. The van der Waals surface area contributed by atoms with Gasteiger partial charge in [-0.15, -0.1) is 0 Å². The van der Waals surface area contributed by atoms with Crippen molar-refractivity contribution >= 4 is 22.0 Å². The van der Waals surface area contributed by atoms with E-state index >= 15 is 0 Å². The summed E-state index contributed by atoms with van der Waals surface area (Å²) in [5, 5.41) is 5.18. The lowest BCUT2D eigenvalue weighted by Gasteiger charge is -2.24. The number of rotatable bonds is 6. The van der Waals surface area contributed by atoms with Crippen molar-refractivity contribution < 1.29 is 13.2 Å². The number of hydrogen-bond donors (Lipinski definition) is 1. The van der Waals surface area contributed by atoms with Gasteiger partial charge in [0.1, 0.15) is 6.29 Å². The van der Waals surface area contributed by atoms with Crippen LogP contribution in [0.15, 0.2) is 47.4 Å². The number of carbonyl (C=O) groups is 1. The summed E-state index contributed by atoms with van der Waals surface area (Å²) >= 11 is 0. The molecule has 2 N–H and O–H groups in total. The van der Waals surface area contributed by atoms with Gasteiger partial charge in [0.15, 0.2) is 0 Å². The first-order valence-electron chi connectivity index (χ1n) is 7.27. The van der Waals surface area contributed by atoms with Gasteiger partial charge in [0.05, 0.1) is 4.90 Å². The molecule has 0 saturated heterocycles. The predicted octanol–water partition coefficient (Wildman–Crippen LogP) is 2.48. The maximum atomic E-state index is 11.5. The van der Waals surface area contributed by atoms with Crippen LogP contribution in [-0.2, 0) is 16.6 Å². The molecule has 6 heteroatoms. The van der Waals surface area contributed by atoms with Crippen molar-refractivity contribution in [2.45, 2.75) is 25.3 Å². The number of aryl methyl sites for hydroxylation is 1. The minimum absolute atomic E-state index is 0.110. The molecule has 2 aromatic rings. The second-order valence-electron chi connectivity index (χ2n) is 5.37. The Kier molecular flexibility index (Phi) is 5.18. The predicted molar refractivity (Wildman–Crippen MR) is 91.1 cm³/mol. The van der Waals surface area contributed by atoms with Crippen molar-refractivity contribution in [1.29, 1.82) is 0 Å². The Labute approximate surface area is 136 Å². The Morgan fingerprint density at radius 2 is 1.91 bits per heavy atom. The van der Waals surface area contributed by atoms with Crippen LogP contribution in [0.25, 0.3) is 0 Å². The molecule has 0 atom stereocenters. The summed E-state index contributed by atoms with van der Waals surface area (Å²) < 4.78 is 22.9. The molecule has 23 heavy (non-hydrogen) atoms. The topological polar surface area (TPSA) is 80.5 Å².